The van der Waals surface area contributed by atoms with Crippen molar-refractivity contribution in [3.05, 3.63) is 35.4 Å². The molecule has 1 aromatic carbocycles. The van der Waals surface area contributed by atoms with Gasteiger partial charge in [-0.1, -0.05) is 38.1 Å². The van der Waals surface area contributed by atoms with Gasteiger partial charge in [0.1, 0.15) is 0 Å². The highest BCUT2D eigenvalue weighted by Crippen LogP contribution is 2.39. The first-order chi connectivity index (χ1) is 13.0. The molecule has 0 amide bonds. The van der Waals surface area contributed by atoms with Crippen LogP contribution in [-0.4, -0.2) is 78.3 Å². The second-order valence-corrected chi connectivity index (χ2v) is 9.56. The van der Waals surface area contributed by atoms with Gasteiger partial charge in [0.2, 0.25) is 0 Å². The summed E-state index contributed by atoms with van der Waals surface area (Å²) in [5, 5.41) is 10.8. The maximum absolute atomic E-state index is 10.8. The minimum atomic E-state index is -0.139. The molecule has 1 aliphatic carbocycles. The van der Waals surface area contributed by atoms with E-state index in [0.717, 1.165) is 51.6 Å². The lowest BCUT2D eigenvalue weighted by molar-refractivity contribution is -0.0249. The molecule has 2 aliphatic heterocycles. The minimum Gasteiger partial charge on any atom is -0.391 e. The number of hydrogen-bond acceptors (Lipinski definition) is 4. The summed E-state index contributed by atoms with van der Waals surface area (Å²) in [7, 11) is 2.20. The smallest absolute Gasteiger partial charge is 0.0698 e. The van der Waals surface area contributed by atoms with Crippen molar-refractivity contribution in [2.75, 3.05) is 46.3 Å². The number of aliphatic hydroxyl groups is 1. The van der Waals surface area contributed by atoms with E-state index >= 15 is 0 Å². The highest BCUT2D eigenvalue weighted by molar-refractivity contribution is 5.24. The number of piperazine rings is 1. The molecule has 3 fully saturated rings. The Hall–Kier alpha value is -0.940. The van der Waals surface area contributed by atoms with Crippen LogP contribution in [0, 0.1) is 11.8 Å². The number of hydrogen-bond donors (Lipinski definition) is 1. The van der Waals surface area contributed by atoms with Crippen LogP contribution in [0.5, 0.6) is 0 Å². The zero-order valence-electron chi connectivity index (χ0n) is 17.3. The molecule has 2 saturated heterocycles. The molecule has 3 aliphatic rings. The summed E-state index contributed by atoms with van der Waals surface area (Å²) in [4.78, 5) is 7.59. The van der Waals surface area contributed by atoms with Crippen LogP contribution in [-0.2, 0) is 6.54 Å². The van der Waals surface area contributed by atoms with E-state index in [1.54, 1.807) is 0 Å². The number of benzene rings is 1. The molecule has 0 radical (unpaired) electrons. The van der Waals surface area contributed by atoms with Crippen molar-refractivity contribution in [3.8, 4) is 0 Å². The largest absolute Gasteiger partial charge is 0.391 e. The molecule has 0 aromatic heterocycles. The van der Waals surface area contributed by atoms with Crippen LogP contribution in [0.2, 0.25) is 0 Å². The third-order valence-electron chi connectivity index (χ3n) is 7.24. The summed E-state index contributed by atoms with van der Waals surface area (Å²) in [6.07, 6.45) is 2.03. The fraction of sp³-hybridized carbons (Fsp3) is 0.739. The van der Waals surface area contributed by atoms with E-state index < -0.39 is 0 Å². The highest BCUT2D eigenvalue weighted by Gasteiger charge is 2.43. The van der Waals surface area contributed by atoms with Crippen LogP contribution in [0.4, 0.5) is 0 Å². The molecule has 27 heavy (non-hydrogen) atoms. The second-order valence-electron chi connectivity index (χ2n) is 9.56. The third-order valence-corrected chi connectivity index (χ3v) is 7.24. The number of rotatable bonds is 4. The average molecular weight is 372 g/mol. The minimum absolute atomic E-state index is 0.139. The maximum atomic E-state index is 10.8. The van der Waals surface area contributed by atoms with Gasteiger partial charge in [0.25, 0.3) is 0 Å². The Morgan fingerprint density at radius 2 is 1.59 bits per heavy atom. The Bertz CT molecular complexity index is 609. The quantitative estimate of drug-likeness (QED) is 0.881. The van der Waals surface area contributed by atoms with Gasteiger partial charge >= 0.3 is 0 Å². The Kier molecular flexibility index (Phi) is 5.89. The summed E-state index contributed by atoms with van der Waals surface area (Å²) < 4.78 is 0. The second kappa shape index (κ2) is 8.20. The molecule has 0 spiro atoms. The monoisotopic (exact) mass is 371 g/mol. The summed E-state index contributed by atoms with van der Waals surface area (Å²) in [6.45, 7) is 12.4. The SMILES string of the molecule is CC(C)c1ccc(CN2C[C@H]3C[C@@H](N4CCN(C)CC4)[C@H](O)C[C@H]3C2)cc1. The number of nitrogens with zero attached hydrogens (tertiary/aromatic N) is 3. The first kappa shape index (κ1) is 19.4. The first-order valence-electron chi connectivity index (χ1n) is 10.9. The van der Waals surface area contributed by atoms with Gasteiger partial charge in [0, 0.05) is 51.9 Å². The van der Waals surface area contributed by atoms with E-state index in [2.05, 4.69) is 59.9 Å². The van der Waals surface area contributed by atoms with E-state index in [9.17, 15) is 5.11 Å². The Labute approximate surface area is 165 Å². The van der Waals surface area contributed by atoms with Gasteiger partial charge in [-0.15, -0.1) is 0 Å². The molecule has 0 unspecified atom stereocenters. The molecule has 1 saturated carbocycles. The summed E-state index contributed by atoms with van der Waals surface area (Å²) >= 11 is 0. The van der Waals surface area contributed by atoms with Gasteiger partial charge < -0.3 is 10.0 Å². The maximum Gasteiger partial charge on any atom is 0.0698 e. The molecule has 4 atom stereocenters. The number of fused-ring (bicyclic) bond motifs is 1. The van der Waals surface area contributed by atoms with Crippen molar-refractivity contribution in [2.24, 2.45) is 11.8 Å². The van der Waals surface area contributed by atoms with Gasteiger partial charge in [0.05, 0.1) is 6.10 Å². The van der Waals surface area contributed by atoms with Crippen molar-refractivity contribution in [1.29, 1.82) is 0 Å². The molecule has 150 valence electrons. The highest BCUT2D eigenvalue weighted by atomic mass is 16.3. The Balaban J connectivity index is 1.34. The van der Waals surface area contributed by atoms with E-state index in [4.69, 9.17) is 0 Å². The van der Waals surface area contributed by atoms with Crippen molar-refractivity contribution in [3.63, 3.8) is 0 Å². The van der Waals surface area contributed by atoms with Gasteiger partial charge in [-0.25, -0.2) is 0 Å². The Morgan fingerprint density at radius 1 is 0.963 bits per heavy atom. The molecule has 1 aromatic rings. The van der Waals surface area contributed by atoms with Gasteiger partial charge in [0.15, 0.2) is 0 Å². The third kappa shape index (κ3) is 4.40. The van der Waals surface area contributed by atoms with Crippen LogP contribution in [0.25, 0.3) is 0 Å². The van der Waals surface area contributed by atoms with Crippen molar-refractivity contribution in [2.45, 2.75) is 51.3 Å². The average Bonchev–Trinajstić information content (AvgIpc) is 3.03. The van der Waals surface area contributed by atoms with Crippen LogP contribution in [0.3, 0.4) is 0 Å². The van der Waals surface area contributed by atoms with Crippen LogP contribution >= 0.6 is 0 Å². The van der Waals surface area contributed by atoms with Crippen LogP contribution in [0.1, 0.15) is 43.7 Å². The van der Waals surface area contributed by atoms with Crippen LogP contribution < -0.4 is 0 Å². The van der Waals surface area contributed by atoms with Gasteiger partial charge in [-0.05, 0) is 48.8 Å². The van der Waals surface area contributed by atoms with E-state index in [1.807, 2.05) is 0 Å². The lowest BCUT2D eigenvalue weighted by Crippen LogP contribution is -2.55. The first-order valence-corrected chi connectivity index (χ1v) is 10.9. The number of likely N-dealkylation sites (N-methyl/N-ethyl adjacent to an activating group) is 1. The van der Waals surface area contributed by atoms with E-state index in [-0.39, 0.29) is 6.10 Å². The zero-order chi connectivity index (χ0) is 19.0. The van der Waals surface area contributed by atoms with Gasteiger partial charge in [-0.3, -0.25) is 9.80 Å². The van der Waals surface area contributed by atoms with E-state index in [0.29, 0.717) is 17.9 Å². The summed E-state index contributed by atoms with van der Waals surface area (Å²) in [6, 6.07) is 9.57. The summed E-state index contributed by atoms with van der Waals surface area (Å²) in [5.41, 5.74) is 2.85. The fourth-order valence-electron chi connectivity index (χ4n) is 5.45. The molecule has 4 heteroatoms. The number of likely N-dealkylation sites (tertiary alicyclic amines) is 1. The predicted octanol–water partition coefficient (Wildman–Crippen LogP) is 2.63. The van der Waals surface area contributed by atoms with Crippen molar-refractivity contribution in [1.82, 2.24) is 14.7 Å². The van der Waals surface area contributed by atoms with Crippen molar-refractivity contribution < 1.29 is 5.11 Å². The number of aliphatic hydroxyl groups excluding tert-OH is 1. The molecule has 4 rings (SSSR count). The molecule has 1 N–H and O–H groups in total. The standard InChI is InChI=1S/C23H37N3O/c1-17(2)19-6-4-18(5-7-19)14-25-15-20-12-22(23(27)13-21(20)16-25)26-10-8-24(3)9-11-26/h4-7,17,20-23,27H,8-16H2,1-3H3/t20-,21+,22-,23-/m1/s1. The summed E-state index contributed by atoms with van der Waals surface area (Å²) in [5.74, 6) is 2.04. The molecule has 2 heterocycles. The zero-order valence-corrected chi connectivity index (χ0v) is 17.3. The fourth-order valence-corrected chi connectivity index (χ4v) is 5.45. The molecular weight excluding hydrogens is 334 g/mol. The molecule has 4 nitrogen and oxygen atoms in total. The Morgan fingerprint density at radius 3 is 2.22 bits per heavy atom. The predicted molar refractivity (Wildman–Crippen MR) is 111 cm³/mol. The molecule has 0 bridgehead atoms. The van der Waals surface area contributed by atoms with E-state index in [1.165, 1.54) is 24.1 Å². The van der Waals surface area contributed by atoms with Gasteiger partial charge in [-0.2, -0.15) is 0 Å². The molecular formula is C23H37N3O. The normalized spacial score (nSPS) is 33.5. The van der Waals surface area contributed by atoms with Crippen LogP contribution in [0.15, 0.2) is 24.3 Å². The lowest BCUT2D eigenvalue weighted by atomic mass is 9.77. The van der Waals surface area contributed by atoms with Crippen molar-refractivity contribution >= 4 is 0 Å². The lowest BCUT2D eigenvalue weighted by Gasteiger charge is -2.44. The topological polar surface area (TPSA) is 30.0 Å².